The van der Waals surface area contributed by atoms with Crippen LogP contribution < -0.4 is 5.11 Å². The van der Waals surface area contributed by atoms with Gasteiger partial charge in [0.1, 0.15) is 6.07 Å². The van der Waals surface area contributed by atoms with Crippen molar-refractivity contribution in [2.75, 3.05) is 0 Å². The maximum absolute atomic E-state index is 10.5. The van der Waals surface area contributed by atoms with Crippen molar-refractivity contribution in [3.05, 3.63) is 41.0 Å². The second kappa shape index (κ2) is 5.13. The summed E-state index contributed by atoms with van der Waals surface area (Å²) in [5.41, 5.74) is 1.49. The number of nitrogens with zero attached hydrogens (tertiary/aromatic N) is 1. The van der Waals surface area contributed by atoms with Gasteiger partial charge < -0.3 is 9.90 Å². The van der Waals surface area contributed by atoms with Gasteiger partial charge in [-0.15, -0.1) is 0 Å². The molecule has 0 radical (unpaired) electrons. The molecule has 0 spiro atoms. The maximum atomic E-state index is 10.5. The number of rotatable bonds is 3. The molecular formula is C13H12NO2-. The van der Waals surface area contributed by atoms with E-state index in [1.54, 1.807) is 18.2 Å². The average Bonchev–Trinajstić information content (AvgIpc) is 2.26. The van der Waals surface area contributed by atoms with Crippen molar-refractivity contribution in [2.24, 2.45) is 0 Å². The number of aliphatic carboxylic acids is 1. The molecule has 1 aromatic carbocycles. The molecule has 0 heterocycles. The molecule has 0 fully saturated rings. The first kappa shape index (κ1) is 12.0. The summed E-state index contributed by atoms with van der Waals surface area (Å²) >= 11 is 0. The minimum Gasteiger partial charge on any atom is -0.544 e. The highest BCUT2D eigenvalue weighted by molar-refractivity contribution is 5.95. The number of nitriles is 1. The summed E-state index contributed by atoms with van der Waals surface area (Å²) in [5, 5.41) is 19.1. The molecule has 1 rings (SSSR count). The fourth-order valence-electron chi connectivity index (χ4n) is 1.28. The van der Waals surface area contributed by atoms with Crippen LogP contribution in [0.3, 0.4) is 0 Å². The first-order chi connectivity index (χ1) is 7.54. The van der Waals surface area contributed by atoms with Crippen LogP contribution in [0.4, 0.5) is 0 Å². The Morgan fingerprint density at radius 3 is 2.31 bits per heavy atom. The van der Waals surface area contributed by atoms with Crippen LogP contribution >= 0.6 is 0 Å². The number of carbonyl (C=O) groups is 1. The predicted molar refractivity (Wildman–Crippen MR) is 59.1 cm³/mol. The molecule has 0 atom stereocenters. The SMILES string of the molecule is CC(C)c1ccc(/C=C(\C#N)C(=O)[O-])cc1. The summed E-state index contributed by atoms with van der Waals surface area (Å²) in [6.45, 7) is 4.15. The molecule has 0 aliphatic heterocycles. The lowest BCUT2D eigenvalue weighted by Crippen LogP contribution is -2.23. The molecule has 0 bridgehead atoms. The van der Waals surface area contributed by atoms with Gasteiger partial charge in [-0.25, -0.2) is 0 Å². The molecule has 16 heavy (non-hydrogen) atoms. The van der Waals surface area contributed by atoms with Crippen molar-refractivity contribution in [1.82, 2.24) is 0 Å². The second-order valence-corrected chi connectivity index (χ2v) is 3.78. The van der Waals surface area contributed by atoms with Gasteiger partial charge in [0.2, 0.25) is 0 Å². The van der Waals surface area contributed by atoms with E-state index in [1.807, 2.05) is 12.1 Å². The smallest absolute Gasteiger partial charge is 0.101 e. The van der Waals surface area contributed by atoms with E-state index in [9.17, 15) is 9.90 Å². The Morgan fingerprint density at radius 2 is 1.94 bits per heavy atom. The summed E-state index contributed by atoms with van der Waals surface area (Å²) in [7, 11) is 0. The average molecular weight is 214 g/mol. The first-order valence-electron chi connectivity index (χ1n) is 4.97. The summed E-state index contributed by atoms with van der Waals surface area (Å²) < 4.78 is 0. The van der Waals surface area contributed by atoms with Crippen LogP contribution in [0.25, 0.3) is 6.08 Å². The number of carboxylic acid groups (broad SMARTS) is 1. The van der Waals surface area contributed by atoms with E-state index in [0.29, 0.717) is 11.5 Å². The standard InChI is InChI=1S/C13H13NO2/c1-9(2)11-5-3-10(4-6-11)7-12(8-14)13(15)16/h3-7,9H,1-2H3,(H,15,16)/p-1/b12-7+. The van der Waals surface area contributed by atoms with Gasteiger partial charge >= 0.3 is 0 Å². The van der Waals surface area contributed by atoms with Gasteiger partial charge in [0.15, 0.2) is 0 Å². The van der Waals surface area contributed by atoms with Gasteiger partial charge in [-0.05, 0) is 23.1 Å². The number of carbonyl (C=O) groups excluding carboxylic acids is 1. The third-order valence-corrected chi connectivity index (χ3v) is 2.25. The lowest BCUT2D eigenvalue weighted by atomic mass is 10.0. The summed E-state index contributed by atoms with van der Waals surface area (Å²) in [4.78, 5) is 10.5. The summed E-state index contributed by atoms with van der Waals surface area (Å²) in [6, 6.07) is 9.00. The van der Waals surface area contributed by atoms with Gasteiger partial charge in [0.05, 0.1) is 11.5 Å². The second-order valence-electron chi connectivity index (χ2n) is 3.78. The Balaban J connectivity index is 3.00. The summed E-state index contributed by atoms with van der Waals surface area (Å²) in [5.74, 6) is -1.02. The first-order valence-corrected chi connectivity index (χ1v) is 4.97. The molecule has 0 N–H and O–H groups in total. The van der Waals surface area contributed by atoms with Gasteiger partial charge in [0.25, 0.3) is 0 Å². The van der Waals surface area contributed by atoms with Crippen LogP contribution in [-0.4, -0.2) is 5.97 Å². The van der Waals surface area contributed by atoms with E-state index < -0.39 is 5.97 Å². The van der Waals surface area contributed by atoms with Crippen LogP contribution in [-0.2, 0) is 4.79 Å². The topological polar surface area (TPSA) is 63.9 Å². The number of benzene rings is 1. The predicted octanol–water partition coefficient (Wildman–Crippen LogP) is 1.47. The van der Waals surface area contributed by atoms with E-state index in [4.69, 9.17) is 5.26 Å². The molecule has 0 aliphatic carbocycles. The minimum atomic E-state index is -1.45. The largest absolute Gasteiger partial charge is 0.544 e. The van der Waals surface area contributed by atoms with E-state index in [0.717, 1.165) is 0 Å². The monoisotopic (exact) mass is 214 g/mol. The highest BCUT2D eigenvalue weighted by atomic mass is 16.4. The van der Waals surface area contributed by atoms with E-state index >= 15 is 0 Å². The van der Waals surface area contributed by atoms with E-state index in [2.05, 4.69) is 13.8 Å². The van der Waals surface area contributed by atoms with Gasteiger partial charge in [0, 0.05) is 0 Å². The molecule has 3 nitrogen and oxygen atoms in total. The van der Waals surface area contributed by atoms with Crippen LogP contribution in [0.2, 0.25) is 0 Å². The molecular weight excluding hydrogens is 202 g/mol. The Hall–Kier alpha value is -2.08. The van der Waals surface area contributed by atoms with E-state index in [-0.39, 0.29) is 5.57 Å². The third-order valence-electron chi connectivity index (χ3n) is 2.25. The number of hydrogen-bond donors (Lipinski definition) is 0. The van der Waals surface area contributed by atoms with Crippen molar-refractivity contribution in [3.8, 4) is 6.07 Å². The maximum Gasteiger partial charge on any atom is 0.101 e. The zero-order chi connectivity index (χ0) is 12.1. The number of carboxylic acids is 1. The van der Waals surface area contributed by atoms with Crippen LogP contribution in [0.5, 0.6) is 0 Å². The molecule has 1 aromatic rings. The third kappa shape index (κ3) is 2.96. The van der Waals surface area contributed by atoms with Crippen molar-refractivity contribution in [3.63, 3.8) is 0 Å². The zero-order valence-electron chi connectivity index (χ0n) is 9.23. The van der Waals surface area contributed by atoms with Crippen LogP contribution in [0, 0.1) is 11.3 Å². The Labute approximate surface area is 94.6 Å². The molecule has 0 amide bonds. The van der Waals surface area contributed by atoms with Crippen molar-refractivity contribution >= 4 is 12.0 Å². The Kier molecular flexibility index (Phi) is 3.84. The van der Waals surface area contributed by atoms with Gasteiger partial charge in [-0.2, -0.15) is 5.26 Å². The van der Waals surface area contributed by atoms with Crippen molar-refractivity contribution < 1.29 is 9.90 Å². The quantitative estimate of drug-likeness (QED) is 0.565. The van der Waals surface area contributed by atoms with Gasteiger partial charge in [-0.1, -0.05) is 38.1 Å². The molecule has 0 unspecified atom stereocenters. The highest BCUT2D eigenvalue weighted by Gasteiger charge is 1.99. The molecule has 82 valence electrons. The molecule has 3 heteroatoms. The Bertz CT molecular complexity index is 450. The minimum absolute atomic E-state index is 0.364. The lowest BCUT2D eigenvalue weighted by molar-refractivity contribution is -0.298. The fourth-order valence-corrected chi connectivity index (χ4v) is 1.28. The van der Waals surface area contributed by atoms with Gasteiger partial charge in [-0.3, -0.25) is 0 Å². The van der Waals surface area contributed by atoms with Crippen molar-refractivity contribution in [1.29, 1.82) is 5.26 Å². The van der Waals surface area contributed by atoms with E-state index in [1.165, 1.54) is 11.6 Å². The normalized spacial score (nSPS) is 11.2. The molecule has 0 aliphatic rings. The molecule has 0 aromatic heterocycles. The number of hydrogen-bond acceptors (Lipinski definition) is 3. The molecule has 0 saturated carbocycles. The zero-order valence-corrected chi connectivity index (χ0v) is 9.23. The molecule has 0 saturated heterocycles. The Morgan fingerprint density at radius 1 is 1.38 bits per heavy atom. The fraction of sp³-hybridized carbons (Fsp3) is 0.231. The highest BCUT2D eigenvalue weighted by Crippen LogP contribution is 2.16. The lowest BCUT2D eigenvalue weighted by Gasteiger charge is -2.05. The summed E-state index contributed by atoms with van der Waals surface area (Å²) in [6.07, 6.45) is 1.30. The van der Waals surface area contributed by atoms with Crippen LogP contribution in [0.1, 0.15) is 30.9 Å². The van der Waals surface area contributed by atoms with Crippen LogP contribution in [0.15, 0.2) is 29.8 Å². The van der Waals surface area contributed by atoms with Crippen molar-refractivity contribution in [2.45, 2.75) is 19.8 Å².